The molecule has 1 aromatic heterocycles. The van der Waals surface area contributed by atoms with Gasteiger partial charge in [0, 0.05) is 25.7 Å². The summed E-state index contributed by atoms with van der Waals surface area (Å²) in [6.07, 6.45) is -3.21. The number of anilines is 1. The molecule has 0 spiro atoms. The lowest BCUT2D eigenvalue weighted by atomic mass is 10.1. The zero-order valence-corrected chi connectivity index (χ0v) is 15.3. The minimum Gasteiger partial charge on any atom is -0.418 e. The fourth-order valence-corrected chi connectivity index (χ4v) is 2.80. The van der Waals surface area contributed by atoms with Gasteiger partial charge in [0.25, 0.3) is 5.91 Å². The number of nitrogens with one attached hydrogen (secondary N) is 1. The third-order valence-electron chi connectivity index (χ3n) is 4.09. The van der Waals surface area contributed by atoms with Crippen molar-refractivity contribution in [1.29, 1.82) is 0 Å². The number of rotatable bonds is 5. The van der Waals surface area contributed by atoms with Gasteiger partial charge in [-0.25, -0.2) is 14.7 Å². The molecule has 28 heavy (non-hydrogen) atoms. The van der Waals surface area contributed by atoms with Gasteiger partial charge in [-0.3, -0.25) is 4.79 Å². The van der Waals surface area contributed by atoms with E-state index >= 15 is 0 Å². The van der Waals surface area contributed by atoms with E-state index in [1.54, 1.807) is 13.8 Å². The Labute approximate surface area is 159 Å². The van der Waals surface area contributed by atoms with Crippen LogP contribution >= 0.6 is 0 Å². The number of carbonyl (C=O) groups excluding carboxylic acids is 2. The number of halogens is 3. The van der Waals surface area contributed by atoms with Gasteiger partial charge in [-0.05, 0) is 31.5 Å². The van der Waals surface area contributed by atoms with Crippen LogP contribution in [-0.4, -0.2) is 41.0 Å². The van der Waals surface area contributed by atoms with Crippen molar-refractivity contribution in [2.45, 2.75) is 32.6 Å². The Morgan fingerprint density at radius 3 is 2.75 bits per heavy atom. The molecule has 10 heteroatoms. The number of aromatic nitrogens is 1. The maximum Gasteiger partial charge on any atom is 0.416 e. The molecule has 3 amide bonds. The molecule has 2 aromatic rings. The van der Waals surface area contributed by atoms with Crippen molar-refractivity contribution in [1.82, 2.24) is 15.2 Å². The monoisotopic (exact) mass is 396 g/mol. The molecule has 1 aromatic carbocycles. The highest BCUT2D eigenvalue weighted by Gasteiger charge is 2.34. The van der Waals surface area contributed by atoms with E-state index < -0.39 is 23.7 Å². The van der Waals surface area contributed by atoms with Gasteiger partial charge in [-0.1, -0.05) is 12.1 Å². The van der Waals surface area contributed by atoms with Crippen molar-refractivity contribution < 1.29 is 27.2 Å². The quantitative estimate of drug-likeness (QED) is 0.841. The Balaban J connectivity index is 1.69. The second-order valence-electron chi connectivity index (χ2n) is 6.69. The summed E-state index contributed by atoms with van der Waals surface area (Å²) in [6.45, 7) is 4.17. The maximum absolute atomic E-state index is 12.8. The van der Waals surface area contributed by atoms with E-state index in [2.05, 4.69) is 10.3 Å². The van der Waals surface area contributed by atoms with Gasteiger partial charge in [-0.2, -0.15) is 13.2 Å². The molecule has 1 fully saturated rings. The summed E-state index contributed by atoms with van der Waals surface area (Å²) in [5.74, 6) is -0.464. The molecule has 3 rings (SSSR count). The first-order valence-electron chi connectivity index (χ1n) is 8.64. The number of oxazole rings is 1. The van der Waals surface area contributed by atoms with Crippen LogP contribution in [0.4, 0.5) is 24.0 Å². The minimum absolute atomic E-state index is 0.0205. The first-order valence-corrected chi connectivity index (χ1v) is 8.64. The number of urea groups is 1. The Bertz CT molecular complexity index is 879. The highest BCUT2D eigenvalue weighted by molar-refractivity contribution is 5.94. The average Bonchev–Trinajstić information content (AvgIpc) is 3.22. The summed E-state index contributed by atoms with van der Waals surface area (Å²) in [5, 5.41) is 2.65. The zero-order chi connectivity index (χ0) is 20.5. The number of benzene rings is 1. The molecule has 7 nitrogen and oxygen atoms in total. The van der Waals surface area contributed by atoms with Crippen molar-refractivity contribution in [2.24, 2.45) is 0 Å². The first kappa shape index (κ1) is 19.7. The normalized spacial score (nSPS) is 14.9. The standard InChI is InChI=1S/C18H19F3N4O3/c1-11(2)23-15(26)14-9-22-16(28-14)25-7-6-24(17(25)27)10-12-4-3-5-13(8-12)18(19,20)21/h3-5,8-9,11H,6-7,10H2,1-2H3,(H,23,26). The van der Waals surface area contributed by atoms with E-state index in [0.717, 1.165) is 12.1 Å². The molecule has 0 unspecified atom stereocenters. The number of amides is 3. The van der Waals surface area contributed by atoms with Crippen molar-refractivity contribution in [3.63, 3.8) is 0 Å². The van der Waals surface area contributed by atoms with E-state index in [1.165, 1.54) is 28.1 Å². The molecule has 0 saturated carbocycles. The van der Waals surface area contributed by atoms with Crippen molar-refractivity contribution in [2.75, 3.05) is 18.0 Å². The van der Waals surface area contributed by atoms with Crippen molar-refractivity contribution >= 4 is 18.0 Å². The fourth-order valence-electron chi connectivity index (χ4n) is 2.80. The molecule has 0 bridgehead atoms. The van der Waals surface area contributed by atoms with Crippen LogP contribution in [0.1, 0.15) is 35.5 Å². The van der Waals surface area contributed by atoms with E-state index in [4.69, 9.17) is 4.42 Å². The fraction of sp³-hybridized carbons (Fsp3) is 0.389. The van der Waals surface area contributed by atoms with Crippen LogP contribution in [0.2, 0.25) is 0 Å². The molecule has 1 saturated heterocycles. The van der Waals surface area contributed by atoms with Gasteiger partial charge >= 0.3 is 18.2 Å². The van der Waals surface area contributed by atoms with Crippen LogP contribution in [0.5, 0.6) is 0 Å². The topological polar surface area (TPSA) is 78.7 Å². The molecule has 150 valence electrons. The van der Waals surface area contributed by atoms with E-state index in [0.29, 0.717) is 12.1 Å². The number of nitrogens with zero attached hydrogens (tertiary/aromatic N) is 3. The molecule has 0 radical (unpaired) electrons. The Morgan fingerprint density at radius 2 is 2.07 bits per heavy atom. The molecular formula is C18H19F3N4O3. The smallest absolute Gasteiger partial charge is 0.416 e. The van der Waals surface area contributed by atoms with Crippen LogP contribution in [0.3, 0.4) is 0 Å². The summed E-state index contributed by atoms with van der Waals surface area (Å²) in [4.78, 5) is 31.1. The van der Waals surface area contributed by atoms with Crippen LogP contribution in [0, 0.1) is 0 Å². The summed E-state index contributed by atoms with van der Waals surface area (Å²) in [7, 11) is 0. The number of carbonyl (C=O) groups is 2. The van der Waals surface area contributed by atoms with Crippen LogP contribution in [0.25, 0.3) is 0 Å². The summed E-state index contributed by atoms with van der Waals surface area (Å²) >= 11 is 0. The predicted octanol–water partition coefficient (Wildman–Crippen LogP) is 3.27. The SMILES string of the molecule is CC(C)NC(=O)c1cnc(N2CCN(Cc3cccc(C(F)(F)F)c3)C2=O)o1. The number of hydrogen-bond acceptors (Lipinski definition) is 4. The third-order valence-corrected chi connectivity index (χ3v) is 4.09. The highest BCUT2D eigenvalue weighted by atomic mass is 19.4. The van der Waals surface area contributed by atoms with Gasteiger partial charge < -0.3 is 14.6 Å². The van der Waals surface area contributed by atoms with Crippen LogP contribution in [-0.2, 0) is 12.7 Å². The molecular weight excluding hydrogens is 377 g/mol. The summed E-state index contributed by atoms with van der Waals surface area (Å²) in [6, 6.07) is 4.29. The lowest BCUT2D eigenvalue weighted by Gasteiger charge is -2.17. The van der Waals surface area contributed by atoms with Gasteiger partial charge in [0.15, 0.2) is 0 Å². The Kier molecular flexibility index (Phi) is 5.30. The Hall–Kier alpha value is -3.04. The minimum atomic E-state index is -4.44. The first-order chi connectivity index (χ1) is 13.1. The van der Waals surface area contributed by atoms with Gasteiger partial charge in [-0.15, -0.1) is 0 Å². The van der Waals surface area contributed by atoms with Crippen molar-refractivity contribution in [3.05, 3.63) is 47.3 Å². The lowest BCUT2D eigenvalue weighted by Crippen LogP contribution is -2.32. The molecule has 1 aliphatic rings. The predicted molar refractivity (Wildman–Crippen MR) is 93.7 cm³/mol. The zero-order valence-electron chi connectivity index (χ0n) is 15.3. The van der Waals surface area contributed by atoms with Crippen LogP contribution in [0.15, 0.2) is 34.9 Å². The van der Waals surface area contributed by atoms with Gasteiger partial charge in [0.2, 0.25) is 5.76 Å². The highest BCUT2D eigenvalue weighted by Crippen LogP contribution is 2.30. The maximum atomic E-state index is 12.8. The van der Waals surface area contributed by atoms with E-state index in [-0.39, 0.29) is 30.9 Å². The molecule has 0 aliphatic carbocycles. The second-order valence-corrected chi connectivity index (χ2v) is 6.69. The molecule has 1 aliphatic heterocycles. The third kappa shape index (κ3) is 4.26. The molecule has 1 N–H and O–H groups in total. The number of alkyl halides is 3. The molecule has 0 atom stereocenters. The van der Waals surface area contributed by atoms with E-state index in [1.807, 2.05) is 0 Å². The molecule has 2 heterocycles. The second kappa shape index (κ2) is 7.53. The largest absolute Gasteiger partial charge is 0.418 e. The Morgan fingerprint density at radius 1 is 1.32 bits per heavy atom. The van der Waals surface area contributed by atoms with Crippen LogP contribution < -0.4 is 10.2 Å². The summed E-state index contributed by atoms with van der Waals surface area (Å²) in [5.41, 5.74) is -0.392. The summed E-state index contributed by atoms with van der Waals surface area (Å²) < 4.78 is 43.9. The lowest BCUT2D eigenvalue weighted by molar-refractivity contribution is -0.137. The van der Waals surface area contributed by atoms with E-state index in [9.17, 15) is 22.8 Å². The van der Waals surface area contributed by atoms with Crippen molar-refractivity contribution in [3.8, 4) is 0 Å². The average molecular weight is 396 g/mol. The van der Waals surface area contributed by atoms with Gasteiger partial charge in [0.05, 0.1) is 11.8 Å². The number of hydrogen-bond donors (Lipinski definition) is 1. The van der Waals surface area contributed by atoms with Gasteiger partial charge in [0.1, 0.15) is 0 Å².